The lowest BCUT2D eigenvalue weighted by atomic mass is 9.93. The number of carbonyl (C=O) groups is 1. The topological polar surface area (TPSA) is 75.7 Å². The van der Waals surface area contributed by atoms with Crippen molar-refractivity contribution in [2.24, 2.45) is 5.92 Å². The minimum Gasteiger partial charge on any atom is -0.495 e. The molecule has 6 nitrogen and oxygen atoms in total. The number of methoxy groups -OCH3 is 1. The average molecular weight is 378 g/mol. The highest BCUT2D eigenvalue weighted by molar-refractivity contribution is 7.89. The van der Waals surface area contributed by atoms with Gasteiger partial charge in [0.1, 0.15) is 5.75 Å². The van der Waals surface area contributed by atoms with E-state index < -0.39 is 10.0 Å². The monoisotopic (exact) mass is 378 g/mol. The van der Waals surface area contributed by atoms with Crippen LogP contribution in [-0.2, 0) is 14.8 Å². The highest BCUT2D eigenvalue weighted by atomic mass is 32.2. The number of allylic oxidation sites excluding steroid dienone is 2. The van der Waals surface area contributed by atoms with Crippen molar-refractivity contribution >= 4 is 21.6 Å². The van der Waals surface area contributed by atoms with Crippen LogP contribution in [0.5, 0.6) is 5.75 Å². The van der Waals surface area contributed by atoms with E-state index in [1.807, 2.05) is 6.08 Å². The van der Waals surface area contributed by atoms with Crippen molar-refractivity contribution < 1.29 is 17.9 Å². The molecule has 1 aliphatic heterocycles. The fourth-order valence-corrected chi connectivity index (χ4v) is 5.01. The first-order chi connectivity index (χ1) is 12.5. The van der Waals surface area contributed by atoms with Crippen LogP contribution in [0.3, 0.4) is 0 Å². The maximum Gasteiger partial charge on any atom is 0.243 e. The van der Waals surface area contributed by atoms with Crippen LogP contribution in [0.1, 0.15) is 38.5 Å². The number of amides is 1. The van der Waals surface area contributed by atoms with Gasteiger partial charge in [0.05, 0.1) is 17.7 Å². The summed E-state index contributed by atoms with van der Waals surface area (Å²) in [6, 6.07) is 4.66. The van der Waals surface area contributed by atoms with Crippen molar-refractivity contribution in [2.45, 2.75) is 43.4 Å². The predicted molar refractivity (Wildman–Crippen MR) is 101 cm³/mol. The van der Waals surface area contributed by atoms with Gasteiger partial charge in [-0.25, -0.2) is 8.42 Å². The smallest absolute Gasteiger partial charge is 0.243 e. The molecular weight excluding hydrogens is 352 g/mol. The number of benzene rings is 1. The molecule has 1 heterocycles. The SMILES string of the molecule is COc1ccc(S(=O)(=O)N2CCCCC2)cc1NC(=O)[C@H]1CC=CCC1. The lowest BCUT2D eigenvalue weighted by Crippen LogP contribution is -2.35. The van der Waals surface area contributed by atoms with E-state index in [1.165, 1.54) is 17.5 Å². The van der Waals surface area contributed by atoms with Crippen LogP contribution in [-0.4, -0.2) is 38.8 Å². The third-order valence-corrected chi connectivity index (χ3v) is 6.92. The first-order valence-electron chi connectivity index (χ1n) is 9.16. The zero-order valence-electron chi connectivity index (χ0n) is 15.1. The first kappa shape index (κ1) is 18.9. The Kier molecular flexibility index (Phi) is 5.98. The zero-order chi connectivity index (χ0) is 18.6. The molecule has 0 unspecified atom stereocenters. The minimum absolute atomic E-state index is 0.0907. The quantitative estimate of drug-likeness (QED) is 0.799. The van der Waals surface area contributed by atoms with Gasteiger partial charge in [0, 0.05) is 19.0 Å². The second-order valence-electron chi connectivity index (χ2n) is 6.80. The van der Waals surface area contributed by atoms with E-state index in [1.54, 1.807) is 12.1 Å². The molecular formula is C19H26N2O4S. The molecule has 0 spiro atoms. The molecule has 1 N–H and O–H groups in total. The molecule has 1 saturated heterocycles. The van der Waals surface area contributed by atoms with E-state index in [2.05, 4.69) is 11.4 Å². The number of hydrogen-bond acceptors (Lipinski definition) is 4. The maximum absolute atomic E-state index is 12.9. The molecule has 2 aliphatic rings. The van der Waals surface area contributed by atoms with Crippen molar-refractivity contribution in [3.63, 3.8) is 0 Å². The van der Waals surface area contributed by atoms with Gasteiger partial charge in [0.15, 0.2) is 0 Å². The lowest BCUT2D eigenvalue weighted by Gasteiger charge is -2.26. The number of nitrogens with zero attached hydrogens (tertiary/aromatic N) is 1. The van der Waals surface area contributed by atoms with Gasteiger partial charge < -0.3 is 10.1 Å². The van der Waals surface area contributed by atoms with Gasteiger partial charge in [-0.3, -0.25) is 4.79 Å². The minimum atomic E-state index is -3.55. The Bertz CT molecular complexity index is 783. The number of rotatable bonds is 5. The second-order valence-corrected chi connectivity index (χ2v) is 8.74. The second kappa shape index (κ2) is 8.22. The Balaban J connectivity index is 1.84. The number of hydrogen-bond donors (Lipinski definition) is 1. The average Bonchev–Trinajstić information content (AvgIpc) is 2.69. The molecule has 1 aliphatic carbocycles. The van der Waals surface area contributed by atoms with Crippen LogP contribution in [0.4, 0.5) is 5.69 Å². The molecule has 1 aromatic rings. The van der Waals surface area contributed by atoms with Gasteiger partial charge in [-0.2, -0.15) is 4.31 Å². The summed E-state index contributed by atoms with van der Waals surface area (Å²) in [7, 11) is -2.05. The molecule has 1 atom stereocenters. The molecule has 0 radical (unpaired) electrons. The Morgan fingerprint density at radius 1 is 1.19 bits per heavy atom. The summed E-state index contributed by atoms with van der Waals surface area (Å²) < 4.78 is 32.6. The van der Waals surface area contributed by atoms with E-state index in [0.717, 1.165) is 32.1 Å². The highest BCUT2D eigenvalue weighted by Crippen LogP contribution is 2.31. The van der Waals surface area contributed by atoms with Crippen LogP contribution in [0.25, 0.3) is 0 Å². The molecule has 1 aromatic carbocycles. The summed E-state index contributed by atoms with van der Waals surface area (Å²) in [5.74, 6) is 0.273. The number of anilines is 1. The molecule has 0 bridgehead atoms. The maximum atomic E-state index is 12.9. The largest absolute Gasteiger partial charge is 0.495 e. The number of carbonyl (C=O) groups excluding carboxylic acids is 1. The Morgan fingerprint density at radius 2 is 1.96 bits per heavy atom. The molecule has 1 fully saturated rings. The summed E-state index contributed by atoms with van der Waals surface area (Å²) in [6.07, 6.45) is 9.32. The molecule has 1 amide bonds. The lowest BCUT2D eigenvalue weighted by molar-refractivity contribution is -0.120. The number of sulfonamides is 1. The van der Waals surface area contributed by atoms with Gasteiger partial charge in [-0.05, 0) is 50.3 Å². The van der Waals surface area contributed by atoms with Gasteiger partial charge >= 0.3 is 0 Å². The van der Waals surface area contributed by atoms with Crippen LogP contribution < -0.4 is 10.1 Å². The number of nitrogens with one attached hydrogen (secondary N) is 1. The number of piperidine rings is 1. The van der Waals surface area contributed by atoms with Crippen molar-refractivity contribution in [2.75, 3.05) is 25.5 Å². The Morgan fingerprint density at radius 3 is 2.62 bits per heavy atom. The molecule has 3 rings (SSSR count). The van der Waals surface area contributed by atoms with Gasteiger partial charge in [-0.15, -0.1) is 0 Å². The van der Waals surface area contributed by atoms with Crippen LogP contribution in [0.2, 0.25) is 0 Å². The van der Waals surface area contributed by atoms with Crippen molar-refractivity contribution in [3.05, 3.63) is 30.4 Å². The van der Waals surface area contributed by atoms with Gasteiger partial charge in [0.2, 0.25) is 15.9 Å². The van der Waals surface area contributed by atoms with Gasteiger partial charge in [-0.1, -0.05) is 18.6 Å². The first-order valence-corrected chi connectivity index (χ1v) is 10.6. The van der Waals surface area contributed by atoms with Gasteiger partial charge in [0.25, 0.3) is 0 Å². The summed E-state index contributed by atoms with van der Waals surface area (Å²) in [5, 5.41) is 2.87. The van der Waals surface area contributed by atoms with E-state index >= 15 is 0 Å². The highest BCUT2D eigenvalue weighted by Gasteiger charge is 2.27. The normalized spacial score (nSPS) is 21.3. The van der Waals surface area contributed by atoms with Crippen molar-refractivity contribution in [3.8, 4) is 5.75 Å². The molecule has 26 heavy (non-hydrogen) atoms. The fraction of sp³-hybridized carbons (Fsp3) is 0.526. The van der Waals surface area contributed by atoms with Crippen molar-refractivity contribution in [1.82, 2.24) is 4.31 Å². The zero-order valence-corrected chi connectivity index (χ0v) is 15.9. The summed E-state index contributed by atoms with van der Waals surface area (Å²) in [5.41, 5.74) is 0.408. The fourth-order valence-electron chi connectivity index (χ4n) is 3.47. The molecule has 0 aromatic heterocycles. The van der Waals surface area contributed by atoms with Crippen LogP contribution >= 0.6 is 0 Å². The molecule has 142 valence electrons. The molecule has 7 heteroatoms. The third kappa shape index (κ3) is 4.10. The van der Waals surface area contributed by atoms with Crippen LogP contribution in [0, 0.1) is 5.92 Å². The summed E-state index contributed by atoms with van der Waals surface area (Å²) in [6.45, 7) is 1.09. The molecule has 0 saturated carbocycles. The van der Waals surface area contributed by atoms with E-state index in [0.29, 0.717) is 30.9 Å². The third-order valence-electron chi connectivity index (χ3n) is 5.02. The summed E-state index contributed by atoms with van der Waals surface area (Å²) >= 11 is 0. The standard InChI is InChI=1S/C19H26N2O4S/c1-25-18-11-10-16(26(23,24)21-12-6-3-7-13-21)14-17(18)20-19(22)15-8-4-2-5-9-15/h2,4,10-11,14-15H,3,5-9,12-13H2,1H3,(H,20,22)/t15-/m0/s1. The summed E-state index contributed by atoms with van der Waals surface area (Å²) in [4.78, 5) is 12.7. The van der Waals surface area contributed by atoms with E-state index in [4.69, 9.17) is 4.74 Å². The van der Waals surface area contributed by atoms with E-state index in [-0.39, 0.29) is 16.7 Å². The Hall–Kier alpha value is -1.86. The van der Waals surface area contributed by atoms with E-state index in [9.17, 15) is 13.2 Å². The van der Waals surface area contributed by atoms with Crippen LogP contribution in [0.15, 0.2) is 35.2 Å². The van der Waals surface area contributed by atoms with Crippen molar-refractivity contribution in [1.29, 1.82) is 0 Å². The number of ether oxygens (including phenoxy) is 1. The predicted octanol–water partition coefficient (Wildman–Crippen LogP) is 3.16. The Labute approximate surface area is 155 Å².